The molecule has 2 fully saturated rings. The van der Waals surface area contributed by atoms with Crippen molar-refractivity contribution in [3.05, 3.63) is 35.9 Å². The first-order valence-electron chi connectivity index (χ1n) is 12.1. The Morgan fingerprint density at radius 2 is 1.68 bits per heavy atom. The predicted molar refractivity (Wildman–Crippen MR) is 124 cm³/mol. The number of nitrogens with zero attached hydrogens (tertiary/aromatic N) is 1. The lowest BCUT2D eigenvalue weighted by molar-refractivity contribution is -0.139. The first kappa shape index (κ1) is 23.7. The van der Waals surface area contributed by atoms with Crippen LogP contribution in [0.1, 0.15) is 40.5 Å². The van der Waals surface area contributed by atoms with Gasteiger partial charge in [0.15, 0.2) is 0 Å². The fourth-order valence-electron chi connectivity index (χ4n) is 4.13. The lowest BCUT2D eigenvalue weighted by atomic mass is 10.0. The van der Waals surface area contributed by atoms with E-state index in [1.165, 1.54) is 11.8 Å². The second kappa shape index (κ2) is 11.1. The molecule has 4 N–H and O–H groups in total. The van der Waals surface area contributed by atoms with Crippen molar-refractivity contribution in [2.24, 2.45) is 5.92 Å². The summed E-state index contributed by atoms with van der Waals surface area (Å²) in [6.45, 7) is 3.56. The number of amides is 5. The molecular weight excluding hydrogens is 438 g/mol. The van der Waals surface area contributed by atoms with Gasteiger partial charge in [-0.25, -0.2) is 0 Å². The Labute approximate surface area is 200 Å². The summed E-state index contributed by atoms with van der Waals surface area (Å²) in [6.07, 6.45) is 1.12. The zero-order valence-electron chi connectivity index (χ0n) is 20.7. The molecule has 0 radical (unpaired) electrons. The van der Waals surface area contributed by atoms with Gasteiger partial charge in [-0.3, -0.25) is 24.0 Å². The van der Waals surface area contributed by atoms with Gasteiger partial charge in [0.1, 0.15) is 24.2 Å². The second-order valence-corrected chi connectivity index (χ2v) is 9.05. The molecule has 0 unspecified atom stereocenters. The molecule has 3 rings (SSSR count). The summed E-state index contributed by atoms with van der Waals surface area (Å²) in [7, 11) is 0. The number of nitrogens with one attached hydrogen (secondary N) is 4. The summed E-state index contributed by atoms with van der Waals surface area (Å²) in [5, 5.41) is 10.3. The highest BCUT2D eigenvalue weighted by atomic mass is 16.2. The monoisotopic (exact) mass is 472 g/mol. The van der Waals surface area contributed by atoms with E-state index in [1.54, 1.807) is 13.8 Å². The Morgan fingerprint density at radius 1 is 0.971 bits per heavy atom. The molecule has 5 amide bonds. The number of fused-ring (bicyclic) bond motifs is 1. The molecule has 2 saturated heterocycles. The highest BCUT2D eigenvalue weighted by molar-refractivity contribution is 5.97. The van der Waals surface area contributed by atoms with Crippen LogP contribution in [-0.2, 0) is 30.4 Å². The van der Waals surface area contributed by atoms with Crippen LogP contribution in [0.2, 0.25) is 0 Å². The lowest BCUT2D eigenvalue weighted by Gasteiger charge is -2.27. The fraction of sp³-hybridized carbons (Fsp3) is 0.542. The lowest BCUT2D eigenvalue weighted by Crippen LogP contribution is -2.57. The van der Waals surface area contributed by atoms with Gasteiger partial charge in [-0.1, -0.05) is 44.2 Å². The molecule has 0 spiro atoms. The molecule has 2 aliphatic heterocycles. The van der Waals surface area contributed by atoms with Gasteiger partial charge in [-0.15, -0.1) is 0 Å². The fourth-order valence-corrected chi connectivity index (χ4v) is 4.13. The van der Waals surface area contributed by atoms with Crippen LogP contribution in [0, 0.1) is 5.92 Å². The summed E-state index contributed by atoms with van der Waals surface area (Å²) in [4.78, 5) is 66.1. The predicted octanol–water partition coefficient (Wildman–Crippen LogP) is -0.520. The summed E-state index contributed by atoms with van der Waals surface area (Å²) in [5.74, 6) is -3.40. The average Bonchev–Trinajstić information content (AvgIpc) is 3.31. The zero-order valence-corrected chi connectivity index (χ0v) is 19.7. The van der Waals surface area contributed by atoms with E-state index in [2.05, 4.69) is 21.3 Å². The maximum atomic E-state index is 13.2. The number of carbonyl (C=O) groups is 5. The highest BCUT2D eigenvalue weighted by Crippen LogP contribution is 2.18. The van der Waals surface area contributed by atoms with Crippen LogP contribution in [0.3, 0.4) is 0 Å². The van der Waals surface area contributed by atoms with E-state index in [1.807, 2.05) is 30.3 Å². The summed E-state index contributed by atoms with van der Waals surface area (Å²) in [5.41, 5.74) is 0.809. The first-order chi connectivity index (χ1) is 16.6. The van der Waals surface area contributed by atoms with Gasteiger partial charge in [-0.2, -0.15) is 0 Å². The Morgan fingerprint density at radius 3 is 2.35 bits per heavy atom. The molecule has 1 aromatic carbocycles. The maximum Gasteiger partial charge on any atom is 0.243 e. The van der Waals surface area contributed by atoms with E-state index in [4.69, 9.17) is 1.37 Å². The maximum absolute atomic E-state index is 13.2. The minimum absolute atomic E-state index is 0.184. The van der Waals surface area contributed by atoms with Gasteiger partial charge in [0, 0.05) is 13.0 Å². The van der Waals surface area contributed by atoms with Crippen molar-refractivity contribution in [2.45, 2.75) is 64.2 Å². The standard InChI is InChI=1S/C24H33N5O5/c1-14(2)20-24(34)25-13-19(30)29-11-7-10-18(29)23(33)27-17(12-16-8-5-4-6-9-16)22(32)26-15(3)21(31)28-20/h4-6,8-9,14-15,17-18,20H,7,10-13H2,1-3H3,(H,25,34)(H,26,32)(H,27,33)(H,28,31)/t15-,17+,18+,20+/m1/s1/i13D/t13-,15-,17+,18+,20+. The summed E-state index contributed by atoms with van der Waals surface area (Å²) >= 11 is 0. The smallest absolute Gasteiger partial charge is 0.243 e. The third kappa shape index (κ3) is 6.12. The van der Waals surface area contributed by atoms with Crippen molar-refractivity contribution in [3.8, 4) is 0 Å². The minimum atomic E-state index is -1.63. The SMILES string of the molecule is [2H][C@H]1NC(=O)[C@H](C(C)C)NC(=O)[C@@H](C)NC(=O)[C@H](Cc2ccccc2)NC(=O)[C@@H]2CCCN2C1=O. The Bertz CT molecular complexity index is 972. The minimum Gasteiger partial charge on any atom is -0.345 e. The molecule has 0 bridgehead atoms. The van der Waals surface area contributed by atoms with E-state index >= 15 is 0 Å². The molecule has 0 aliphatic carbocycles. The van der Waals surface area contributed by atoms with Gasteiger partial charge in [0.05, 0.1) is 7.89 Å². The van der Waals surface area contributed by atoms with E-state index in [-0.39, 0.29) is 18.9 Å². The zero-order chi connectivity index (χ0) is 25.7. The first-order valence-corrected chi connectivity index (χ1v) is 11.6. The van der Waals surface area contributed by atoms with E-state index in [0.717, 1.165) is 5.56 Å². The van der Waals surface area contributed by atoms with Crippen molar-refractivity contribution in [1.29, 1.82) is 0 Å². The van der Waals surface area contributed by atoms with E-state index in [0.29, 0.717) is 12.8 Å². The van der Waals surface area contributed by atoms with Crippen LogP contribution >= 0.6 is 0 Å². The van der Waals surface area contributed by atoms with Crippen LogP contribution in [0.25, 0.3) is 0 Å². The van der Waals surface area contributed by atoms with Gasteiger partial charge >= 0.3 is 0 Å². The number of carbonyl (C=O) groups excluding carboxylic acids is 5. The van der Waals surface area contributed by atoms with Crippen molar-refractivity contribution in [3.63, 3.8) is 0 Å². The number of hydrogen-bond acceptors (Lipinski definition) is 5. The number of rotatable bonds is 3. The molecule has 1 aromatic rings. The quantitative estimate of drug-likeness (QED) is 0.469. The van der Waals surface area contributed by atoms with Crippen LogP contribution in [-0.4, -0.2) is 71.7 Å². The van der Waals surface area contributed by atoms with Crippen LogP contribution < -0.4 is 21.3 Å². The van der Waals surface area contributed by atoms with Crippen molar-refractivity contribution < 1.29 is 25.3 Å². The highest BCUT2D eigenvalue weighted by Gasteiger charge is 2.37. The molecule has 5 atom stereocenters. The Kier molecular flexibility index (Phi) is 7.76. The summed E-state index contributed by atoms with van der Waals surface area (Å²) < 4.78 is 8.21. The van der Waals surface area contributed by atoms with Crippen LogP contribution in [0.5, 0.6) is 0 Å². The van der Waals surface area contributed by atoms with Crippen molar-refractivity contribution >= 4 is 29.5 Å². The third-order valence-corrected chi connectivity index (χ3v) is 6.09. The van der Waals surface area contributed by atoms with Gasteiger partial charge in [0.2, 0.25) is 29.5 Å². The summed E-state index contributed by atoms with van der Waals surface area (Å²) in [6, 6.07) is 5.27. The van der Waals surface area contributed by atoms with Gasteiger partial charge in [0.25, 0.3) is 0 Å². The molecule has 184 valence electrons. The van der Waals surface area contributed by atoms with Crippen LogP contribution in [0.15, 0.2) is 30.3 Å². The molecule has 2 heterocycles. The van der Waals surface area contributed by atoms with E-state index in [9.17, 15) is 24.0 Å². The van der Waals surface area contributed by atoms with Crippen molar-refractivity contribution in [2.75, 3.05) is 13.1 Å². The molecule has 34 heavy (non-hydrogen) atoms. The molecular formula is C24H33N5O5. The molecule has 10 heteroatoms. The van der Waals surface area contributed by atoms with E-state index < -0.39 is 60.2 Å². The average molecular weight is 473 g/mol. The molecule has 0 saturated carbocycles. The molecule has 2 aliphatic rings. The van der Waals surface area contributed by atoms with Crippen molar-refractivity contribution in [1.82, 2.24) is 26.2 Å². The Balaban J connectivity index is 1.93. The normalized spacial score (nSPS) is 29.8. The third-order valence-electron chi connectivity index (χ3n) is 6.09. The topological polar surface area (TPSA) is 137 Å². The Hall–Kier alpha value is -3.43. The molecule has 0 aromatic heterocycles. The second-order valence-electron chi connectivity index (χ2n) is 9.05. The van der Waals surface area contributed by atoms with Gasteiger partial charge in [-0.05, 0) is 31.2 Å². The number of benzene rings is 1. The van der Waals surface area contributed by atoms with Gasteiger partial charge < -0.3 is 26.2 Å². The van der Waals surface area contributed by atoms with Crippen LogP contribution in [0.4, 0.5) is 0 Å². The molecule has 10 nitrogen and oxygen atoms in total. The number of hydrogen-bond donors (Lipinski definition) is 4. The largest absolute Gasteiger partial charge is 0.345 e.